The van der Waals surface area contributed by atoms with E-state index in [9.17, 15) is 18.0 Å². The summed E-state index contributed by atoms with van der Waals surface area (Å²) in [7, 11) is 0. The lowest BCUT2D eigenvalue weighted by molar-refractivity contribution is -0.137. The van der Waals surface area contributed by atoms with E-state index in [1.807, 2.05) is 0 Å². The molecule has 1 aliphatic carbocycles. The van der Waals surface area contributed by atoms with Crippen LogP contribution in [0.4, 0.5) is 13.2 Å². The molecule has 4 nitrogen and oxygen atoms in total. The Morgan fingerprint density at radius 3 is 2.45 bits per heavy atom. The highest BCUT2D eigenvalue weighted by molar-refractivity contribution is 5.93. The molecule has 0 atom stereocenters. The molecule has 1 aromatic heterocycles. The second-order valence-corrected chi connectivity index (χ2v) is 4.79. The number of nitrogens with zero attached hydrogens (tertiary/aromatic N) is 2. The molecule has 7 heteroatoms. The number of amides is 1. The van der Waals surface area contributed by atoms with Crippen LogP contribution in [0.15, 0.2) is 18.3 Å². The van der Waals surface area contributed by atoms with Crippen LogP contribution in [0.25, 0.3) is 0 Å². The van der Waals surface area contributed by atoms with Crippen LogP contribution in [0.2, 0.25) is 0 Å². The molecule has 1 fully saturated rings. The lowest BCUT2D eigenvalue weighted by atomic mass is 9.99. The van der Waals surface area contributed by atoms with Gasteiger partial charge in [0, 0.05) is 6.20 Å². The SMILES string of the molecule is N#CC1(NC(=O)c2ccc(C(F)(F)F)cn2)CCCC1. The summed E-state index contributed by atoms with van der Waals surface area (Å²) in [5.74, 6) is -0.623. The van der Waals surface area contributed by atoms with Crippen molar-refractivity contribution in [3.05, 3.63) is 29.6 Å². The molecule has 1 heterocycles. The van der Waals surface area contributed by atoms with Crippen LogP contribution in [-0.4, -0.2) is 16.4 Å². The Labute approximate surface area is 113 Å². The van der Waals surface area contributed by atoms with Crippen molar-refractivity contribution in [2.24, 2.45) is 0 Å². The number of hydrogen-bond donors (Lipinski definition) is 1. The van der Waals surface area contributed by atoms with Crippen molar-refractivity contribution in [2.75, 3.05) is 0 Å². The van der Waals surface area contributed by atoms with E-state index in [2.05, 4.69) is 16.4 Å². The number of alkyl halides is 3. The molecule has 1 aliphatic rings. The first-order chi connectivity index (χ1) is 9.36. The van der Waals surface area contributed by atoms with Gasteiger partial charge >= 0.3 is 6.18 Å². The third-order valence-corrected chi connectivity index (χ3v) is 3.35. The average Bonchev–Trinajstić information content (AvgIpc) is 2.87. The Hall–Kier alpha value is -2.10. The first-order valence-electron chi connectivity index (χ1n) is 6.13. The zero-order valence-corrected chi connectivity index (χ0v) is 10.5. The predicted molar refractivity (Wildman–Crippen MR) is 63.5 cm³/mol. The molecular formula is C13H12F3N3O. The summed E-state index contributed by atoms with van der Waals surface area (Å²) in [5, 5.41) is 11.7. The van der Waals surface area contributed by atoms with Crippen molar-refractivity contribution in [1.29, 1.82) is 5.26 Å². The molecule has 1 N–H and O–H groups in total. The van der Waals surface area contributed by atoms with Crippen LogP contribution in [0, 0.1) is 11.3 Å². The molecule has 0 bridgehead atoms. The summed E-state index contributed by atoms with van der Waals surface area (Å²) in [6, 6.07) is 3.89. The number of halogens is 3. The molecule has 0 unspecified atom stereocenters. The first kappa shape index (κ1) is 14.3. The normalized spacial score (nSPS) is 17.5. The predicted octanol–water partition coefficient (Wildman–Crippen LogP) is 2.67. The van der Waals surface area contributed by atoms with Crippen molar-refractivity contribution in [3.8, 4) is 6.07 Å². The van der Waals surface area contributed by atoms with Crippen molar-refractivity contribution >= 4 is 5.91 Å². The Morgan fingerprint density at radius 2 is 2.00 bits per heavy atom. The zero-order valence-electron chi connectivity index (χ0n) is 10.5. The van der Waals surface area contributed by atoms with E-state index in [-0.39, 0.29) is 5.69 Å². The van der Waals surface area contributed by atoms with Crippen LogP contribution >= 0.6 is 0 Å². The van der Waals surface area contributed by atoms with Gasteiger partial charge in [0.2, 0.25) is 0 Å². The van der Waals surface area contributed by atoms with Gasteiger partial charge in [0.25, 0.3) is 5.91 Å². The quantitative estimate of drug-likeness (QED) is 0.907. The Balaban J connectivity index is 2.12. The fraction of sp³-hybridized carbons (Fsp3) is 0.462. The molecule has 0 aromatic carbocycles. The minimum absolute atomic E-state index is 0.125. The van der Waals surface area contributed by atoms with Gasteiger partial charge < -0.3 is 5.32 Å². The van der Waals surface area contributed by atoms with Gasteiger partial charge in [-0.05, 0) is 37.8 Å². The molecule has 1 saturated carbocycles. The molecule has 0 radical (unpaired) electrons. The van der Waals surface area contributed by atoms with Crippen molar-refractivity contribution in [1.82, 2.24) is 10.3 Å². The van der Waals surface area contributed by atoms with Gasteiger partial charge in [-0.1, -0.05) is 0 Å². The highest BCUT2D eigenvalue weighted by Crippen LogP contribution is 2.30. The van der Waals surface area contributed by atoms with E-state index in [0.29, 0.717) is 19.0 Å². The fourth-order valence-electron chi connectivity index (χ4n) is 2.22. The van der Waals surface area contributed by atoms with E-state index in [0.717, 1.165) is 25.0 Å². The summed E-state index contributed by atoms with van der Waals surface area (Å²) in [5.41, 5.74) is -1.95. The van der Waals surface area contributed by atoms with Crippen LogP contribution in [-0.2, 0) is 6.18 Å². The van der Waals surface area contributed by atoms with Gasteiger partial charge in [-0.15, -0.1) is 0 Å². The zero-order chi connectivity index (χ0) is 14.8. The summed E-state index contributed by atoms with van der Waals surface area (Å²) in [4.78, 5) is 15.4. The highest BCUT2D eigenvalue weighted by Gasteiger charge is 2.36. The van der Waals surface area contributed by atoms with Gasteiger partial charge in [0.05, 0.1) is 11.6 Å². The van der Waals surface area contributed by atoms with Gasteiger partial charge in [0.1, 0.15) is 11.2 Å². The van der Waals surface area contributed by atoms with Crippen molar-refractivity contribution < 1.29 is 18.0 Å². The number of aromatic nitrogens is 1. The number of hydrogen-bond acceptors (Lipinski definition) is 3. The fourth-order valence-corrected chi connectivity index (χ4v) is 2.22. The van der Waals surface area contributed by atoms with Crippen LogP contribution in [0.5, 0.6) is 0 Å². The molecule has 20 heavy (non-hydrogen) atoms. The maximum absolute atomic E-state index is 12.4. The Morgan fingerprint density at radius 1 is 1.35 bits per heavy atom. The maximum atomic E-state index is 12.4. The largest absolute Gasteiger partial charge is 0.417 e. The topological polar surface area (TPSA) is 65.8 Å². The lowest BCUT2D eigenvalue weighted by Crippen LogP contribution is -2.45. The third kappa shape index (κ3) is 2.90. The van der Waals surface area contributed by atoms with Crippen LogP contribution in [0.3, 0.4) is 0 Å². The van der Waals surface area contributed by atoms with Gasteiger partial charge in [-0.25, -0.2) is 0 Å². The molecule has 0 spiro atoms. The van der Waals surface area contributed by atoms with E-state index in [1.165, 1.54) is 0 Å². The first-order valence-corrected chi connectivity index (χ1v) is 6.13. The van der Waals surface area contributed by atoms with Crippen LogP contribution < -0.4 is 5.32 Å². The molecule has 0 aliphatic heterocycles. The van der Waals surface area contributed by atoms with E-state index >= 15 is 0 Å². The monoisotopic (exact) mass is 283 g/mol. The summed E-state index contributed by atoms with van der Waals surface area (Å²) >= 11 is 0. The van der Waals surface area contributed by atoms with E-state index in [1.54, 1.807) is 0 Å². The van der Waals surface area contributed by atoms with E-state index in [4.69, 9.17) is 5.26 Å². The lowest BCUT2D eigenvalue weighted by Gasteiger charge is -2.21. The number of carbonyl (C=O) groups is 1. The molecule has 106 valence electrons. The van der Waals surface area contributed by atoms with Gasteiger partial charge in [-0.3, -0.25) is 9.78 Å². The minimum Gasteiger partial charge on any atom is -0.332 e. The number of nitrogens with one attached hydrogen (secondary N) is 1. The average molecular weight is 283 g/mol. The molecular weight excluding hydrogens is 271 g/mol. The highest BCUT2D eigenvalue weighted by atomic mass is 19.4. The molecule has 2 rings (SSSR count). The number of pyridine rings is 1. The van der Waals surface area contributed by atoms with Gasteiger partial charge in [0.15, 0.2) is 0 Å². The third-order valence-electron chi connectivity index (χ3n) is 3.35. The minimum atomic E-state index is -4.48. The summed E-state index contributed by atoms with van der Waals surface area (Å²) < 4.78 is 37.1. The standard InChI is InChI=1S/C13H12F3N3O/c14-13(15,16)9-3-4-10(18-7-9)11(20)19-12(8-17)5-1-2-6-12/h3-4,7H,1-2,5-6H2,(H,19,20). The molecule has 1 aromatic rings. The summed E-state index contributed by atoms with van der Waals surface area (Å²) in [6.45, 7) is 0. The van der Waals surface area contributed by atoms with Gasteiger partial charge in [-0.2, -0.15) is 18.4 Å². The van der Waals surface area contributed by atoms with E-state index < -0.39 is 23.2 Å². The number of rotatable bonds is 2. The maximum Gasteiger partial charge on any atom is 0.417 e. The van der Waals surface area contributed by atoms with Crippen molar-refractivity contribution in [3.63, 3.8) is 0 Å². The second kappa shape index (κ2) is 5.12. The Kier molecular flexibility index (Phi) is 3.66. The second-order valence-electron chi connectivity index (χ2n) is 4.79. The summed E-state index contributed by atoms with van der Waals surface area (Å²) in [6.07, 6.45) is -1.09. The number of nitriles is 1. The number of carbonyl (C=O) groups excluding carboxylic acids is 1. The van der Waals surface area contributed by atoms with Crippen LogP contribution in [0.1, 0.15) is 41.7 Å². The molecule has 1 amide bonds. The Bertz CT molecular complexity index is 539. The van der Waals surface area contributed by atoms with Crippen molar-refractivity contribution in [2.45, 2.75) is 37.4 Å². The smallest absolute Gasteiger partial charge is 0.332 e. The molecule has 0 saturated heterocycles.